The number of urea groups is 1. The van der Waals surface area contributed by atoms with E-state index in [0.29, 0.717) is 5.69 Å². The Balaban J connectivity index is 2.53. The first kappa shape index (κ1) is 12.6. The van der Waals surface area contributed by atoms with Crippen LogP contribution in [0.3, 0.4) is 0 Å². The summed E-state index contributed by atoms with van der Waals surface area (Å²) in [6.45, 7) is 3.42. The maximum Gasteiger partial charge on any atom is 0.326 e. The number of hydrogen-bond acceptors (Lipinski definition) is 4. The number of nitrogens with one attached hydrogen (secondary N) is 2. The van der Waals surface area contributed by atoms with Crippen molar-refractivity contribution in [3.05, 3.63) is 31.4 Å². The number of carbonyl (C=O) groups is 2. The van der Waals surface area contributed by atoms with Gasteiger partial charge < -0.3 is 15.7 Å². The number of nitrogens with zero attached hydrogens (tertiary/aromatic N) is 2. The summed E-state index contributed by atoms with van der Waals surface area (Å²) in [6, 6.07) is -1.63. The Kier molecular flexibility index (Phi) is 4.61. The molecule has 90 valence electrons. The van der Waals surface area contributed by atoms with Crippen LogP contribution in [0.1, 0.15) is 6.42 Å². The fourth-order valence-corrected chi connectivity index (χ4v) is 1.08. The summed E-state index contributed by atoms with van der Waals surface area (Å²) < 4.78 is 0. The number of carboxylic acid groups (broad SMARTS) is 1. The molecule has 2 amide bonds. The van der Waals surface area contributed by atoms with Gasteiger partial charge in [-0.05, 0) is 6.42 Å². The van der Waals surface area contributed by atoms with Gasteiger partial charge in [-0.2, -0.15) is 0 Å². The summed E-state index contributed by atoms with van der Waals surface area (Å²) in [7, 11) is 0. The van der Waals surface area contributed by atoms with Crippen molar-refractivity contribution in [3.8, 4) is 0 Å². The number of aliphatic carboxylic acids is 1. The lowest BCUT2D eigenvalue weighted by molar-refractivity contribution is -0.139. The average molecular weight is 236 g/mol. The van der Waals surface area contributed by atoms with E-state index in [-0.39, 0.29) is 6.42 Å². The zero-order chi connectivity index (χ0) is 12.7. The van der Waals surface area contributed by atoms with Crippen LogP contribution in [0.5, 0.6) is 0 Å². The third-order valence-corrected chi connectivity index (χ3v) is 1.82. The van der Waals surface area contributed by atoms with Crippen LogP contribution < -0.4 is 10.6 Å². The highest BCUT2D eigenvalue weighted by atomic mass is 16.4. The third kappa shape index (κ3) is 4.29. The van der Waals surface area contributed by atoms with Crippen LogP contribution >= 0.6 is 0 Å². The molecular weight excluding hydrogens is 224 g/mol. The summed E-state index contributed by atoms with van der Waals surface area (Å²) in [6.07, 6.45) is 5.69. The number of amides is 2. The number of anilines is 1. The van der Waals surface area contributed by atoms with E-state index >= 15 is 0 Å². The highest BCUT2D eigenvalue weighted by Crippen LogP contribution is 2.00. The lowest BCUT2D eigenvalue weighted by Gasteiger charge is -2.12. The largest absolute Gasteiger partial charge is 0.480 e. The van der Waals surface area contributed by atoms with Crippen molar-refractivity contribution in [2.24, 2.45) is 0 Å². The number of rotatable bonds is 5. The number of aromatic nitrogens is 2. The van der Waals surface area contributed by atoms with Crippen molar-refractivity contribution >= 4 is 17.7 Å². The first-order valence-corrected chi connectivity index (χ1v) is 4.79. The van der Waals surface area contributed by atoms with E-state index in [9.17, 15) is 9.59 Å². The normalized spacial score (nSPS) is 11.3. The molecule has 1 aromatic rings. The van der Waals surface area contributed by atoms with Crippen LogP contribution in [0.4, 0.5) is 10.5 Å². The number of hydrogen-bond donors (Lipinski definition) is 3. The van der Waals surface area contributed by atoms with Gasteiger partial charge in [0.25, 0.3) is 0 Å². The maximum atomic E-state index is 11.4. The topological polar surface area (TPSA) is 104 Å². The molecule has 1 heterocycles. The molecule has 0 saturated carbocycles. The van der Waals surface area contributed by atoms with Crippen LogP contribution in [0.2, 0.25) is 0 Å². The Morgan fingerprint density at radius 1 is 1.47 bits per heavy atom. The molecule has 0 aliphatic rings. The molecule has 0 saturated heterocycles. The van der Waals surface area contributed by atoms with E-state index in [4.69, 9.17) is 5.11 Å². The van der Waals surface area contributed by atoms with Crippen LogP contribution in [0.25, 0.3) is 0 Å². The van der Waals surface area contributed by atoms with Crippen molar-refractivity contribution in [2.45, 2.75) is 12.5 Å². The zero-order valence-electron chi connectivity index (χ0n) is 8.96. The van der Waals surface area contributed by atoms with Gasteiger partial charge in [0, 0.05) is 0 Å². The molecule has 17 heavy (non-hydrogen) atoms. The van der Waals surface area contributed by atoms with E-state index in [1.165, 1.54) is 24.8 Å². The Bertz CT molecular complexity index is 407. The molecule has 0 fully saturated rings. The van der Waals surface area contributed by atoms with E-state index in [2.05, 4.69) is 27.2 Å². The maximum absolute atomic E-state index is 11.4. The number of carboxylic acids is 1. The summed E-state index contributed by atoms with van der Waals surface area (Å²) in [5.41, 5.74) is 0.382. The first-order chi connectivity index (χ1) is 8.13. The number of carbonyl (C=O) groups excluding carboxylic acids is 1. The summed E-state index contributed by atoms with van der Waals surface area (Å²) >= 11 is 0. The third-order valence-electron chi connectivity index (χ3n) is 1.82. The zero-order valence-corrected chi connectivity index (χ0v) is 8.96. The standard InChI is InChI=1S/C10H12N4O3/c1-2-3-8(9(15)16)14-10(17)13-7-4-11-6-12-5-7/h2,4-6,8H,1,3H2,(H,15,16)(H2,13,14,17). The van der Waals surface area contributed by atoms with Crippen LogP contribution in [0.15, 0.2) is 31.4 Å². The summed E-state index contributed by atoms with van der Waals surface area (Å²) in [4.78, 5) is 29.6. The van der Waals surface area contributed by atoms with Gasteiger partial charge in [-0.25, -0.2) is 19.6 Å². The second-order valence-corrected chi connectivity index (χ2v) is 3.14. The van der Waals surface area contributed by atoms with Gasteiger partial charge in [0.05, 0.1) is 18.1 Å². The van der Waals surface area contributed by atoms with Gasteiger partial charge in [-0.1, -0.05) is 6.08 Å². The fourth-order valence-electron chi connectivity index (χ4n) is 1.08. The molecular formula is C10H12N4O3. The predicted octanol–water partition coefficient (Wildman–Crippen LogP) is 0.627. The molecule has 0 aliphatic heterocycles. The fraction of sp³-hybridized carbons (Fsp3) is 0.200. The van der Waals surface area contributed by atoms with E-state index in [1.54, 1.807) is 0 Å². The molecule has 0 radical (unpaired) electrons. The van der Waals surface area contributed by atoms with Gasteiger partial charge in [0.15, 0.2) is 0 Å². The van der Waals surface area contributed by atoms with Crippen molar-refractivity contribution < 1.29 is 14.7 Å². The van der Waals surface area contributed by atoms with Gasteiger partial charge in [-0.15, -0.1) is 6.58 Å². The molecule has 0 aromatic carbocycles. The molecule has 1 unspecified atom stereocenters. The summed E-state index contributed by atoms with van der Waals surface area (Å²) in [5, 5.41) is 13.5. The van der Waals surface area contributed by atoms with Crippen molar-refractivity contribution in [2.75, 3.05) is 5.32 Å². The quantitative estimate of drug-likeness (QED) is 0.650. The minimum atomic E-state index is -1.12. The lowest BCUT2D eigenvalue weighted by Crippen LogP contribution is -2.42. The average Bonchev–Trinajstić information content (AvgIpc) is 2.29. The Morgan fingerprint density at radius 3 is 2.65 bits per heavy atom. The van der Waals surface area contributed by atoms with Crippen LogP contribution in [-0.2, 0) is 4.79 Å². The Hall–Kier alpha value is -2.44. The van der Waals surface area contributed by atoms with Crippen molar-refractivity contribution in [1.29, 1.82) is 0 Å². The Morgan fingerprint density at radius 2 is 2.12 bits per heavy atom. The van der Waals surface area contributed by atoms with Crippen LogP contribution in [-0.4, -0.2) is 33.1 Å². The van der Waals surface area contributed by atoms with Crippen molar-refractivity contribution in [1.82, 2.24) is 15.3 Å². The molecule has 0 bridgehead atoms. The summed E-state index contributed by atoms with van der Waals surface area (Å²) in [5.74, 6) is -1.12. The van der Waals surface area contributed by atoms with Crippen LogP contribution in [0, 0.1) is 0 Å². The molecule has 1 aromatic heterocycles. The molecule has 1 rings (SSSR count). The smallest absolute Gasteiger partial charge is 0.326 e. The molecule has 7 nitrogen and oxygen atoms in total. The van der Waals surface area contributed by atoms with E-state index < -0.39 is 18.0 Å². The monoisotopic (exact) mass is 236 g/mol. The highest BCUT2D eigenvalue weighted by molar-refractivity contribution is 5.91. The predicted molar refractivity (Wildman–Crippen MR) is 60.4 cm³/mol. The molecule has 3 N–H and O–H groups in total. The van der Waals surface area contributed by atoms with E-state index in [1.807, 2.05) is 0 Å². The Labute approximate surface area is 97.6 Å². The second-order valence-electron chi connectivity index (χ2n) is 3.14. The second kappa shape index (κ2) is 6.21. The first-order valence-electron chi connectivity index (χ1n) is 4.79. The van der Waals surface area contributed by atoms with Gasteiger partial charge in [-0.3, -0.25) is 0 Å². The van der Waals surface area contributed by atoms with Crippen molar-refractivity contribution in [3.63, 3.8) is 0 Å². The molecule has 7 heteroatoms. The lowest BCUT2D eigenvalue weighted by atomic mass is 10.2. The molecule has 0 aliphatic carbocycles. The van der Waals surface area contributed by atoms with Gasteiger partial charge in [0.1, 0.15) is 12.4 Å². The van der Waals surface area contributed by atoms with Gasteiger partial charge in [0.2, 0.25) is 0 Å². The minimum absolute atomic E-state index is 0.147. The van der Waals surface area contributed by atoms with Gasteiger partial charge >= 0.3 is 12.0 Å². The molecule has 0 spiro atoms. The SMILES string of the molecule is C=CCC(NC(=O)Nc1cncnc1)C(=O)O. The highest BCUT2D eigenvalue weighted by Gasteiger charge is 2.18. The van der Waals surface area contributed by atoms with E-state index in [0.717, 1.165) is 0 Å². The molecule has 1 atom stereocenters. The minimum Gasteiger partial charge on any atom is -0.480 e.